The third-order valence-electron chi connectivity index (χ3n) is 6.75. The summed E-state index contributed by atoms with van der Waals surface area (Å²) in [6, 6.07) is 0.150. The lowest BCUT2D eigenvalue weighted by atomic mass is 9.72. The zero-order chi connectivity index (χ0) is 22.1. The average molecular weight is 425 g/mol. The molecule has 3 fully saturated rings. The molecule has 2 heterocycles. The van der Waals surface area contributed by atoms with Gasteiger partial charge in [-0.05, 0) is 60.7 Å². The van der Waals surface area contributed by atoms with Crippen LogP contribution in [0.15, 0.2) is 0 Å². The number of hydrogen-bond acceptors (Lipinski definition) is 6. The number of hydrogen-bond donors (Lipinski definition) is 1. The van der Waals surface area contributed by atoms with Crippen molar-refractivity contribution in [3.63, 3.8) is 0 Å². The number of carbonyl (C=O) groups excluding carboxylic acids is 2. The molecule has 172 valence electrons. The highest BCUT2D eigenvalue weighted by atomic mass is 16.7. The summed E-state index contributed by atoms with van der Waals surface area (Å²) >= 11 is 0. The first-order valence-electron chi connectivity index (χ1n) is 11.3. The predicted molar refractivity (Wildman–Crippen MR) is 115 cm³/mol. The Morgan fingerprint density at radius 2 is 1.90 bits per heavy atom. The highest BCUT2D eigenvalue weighted by Crippen LogP contribution is 2.45. The lowest BCUT2D eigenvalue weighted by Gasteiger charge is -2.49. The molecule has 0 aromatic heterocycles. The van der Waals surface area contributed by atoms with Gasteiger partial charge < -0.3 is 24.6 Å². The Kier molecular flexibility index (Phi) is 7.11. The quantitative estimate of drug-likeness (QED) is 0.725. The highest BCUT2D eigenvalue weighted by molar-refractivity contribution is 5.96. The van der Waals surface area contributed by atoms with Gasteiger partial charge in [0.2, 0.25) is 5.91 Å². The monoisotopic (exact) mass is 424 g/mol. The van der Waals surface area contributed by atoms with E-state index in [0.717, 1.165) is 25.7 Å². The average Bonchev–Trinajstić information content (AvgIpc) is 3.07. The SMILES string of the molecule is CCN(C(=O)NC(C)(C)CN(C)C)C(=O)C1CC2CC3(CCC2N(C)C1)OCCO3. The second-order valence-electron chi connectivity index (χ2n) is 10.2. The van der Waals surface area contributed by atoms with Gasteiger partial charge in [-0.1, -0.05) is 0 Å². The van der Waals surface area contributed by atoms with E-state index < -0.39 is 11.3 Å². The van der Waals surface area contributed by atoms with Gasteiger partial charge in [0.05, 0.1) is 19.1 Å². The Hall–Kier alpha value is -1.22. The molecule has 0 aromatic rings. The van der Waals surface area contributed by atoms with E-state index in [0.29, 0.717) is 44.8 Å². The molecule has 1 N–H and O–H groups in total. The standard InChI is InChI=1S/C22H40N4O4/c1-7-26(20(28)23-21(2,3)15-24(4)5)19(27)17-12-16-13-22(29-10-11-30-22)9-8-18(16)25(6)14-17/h16-18H,7-15H2,1-6H3,(H,23,28). The maximum absolute atomic E-state index is 13.4. The number of piperidine rings is 1. The summed E-state index contributed by atoms with van der Waals surface area (Å²) in [6.07, 6.45) is 3.56. The van der Waals surface area contributed by atoms with Gasteiger partial charge in [0.25, 0.3) is 0 Å². The van der Waals surface area contributed by atoms with Crippen LogP contribution in [0.2, 0.25) is 0 Å². The zero-order valence-corrected chi connectivity index (χ0v) is 19.6. The maximum atomic E-state index is 13.4. The van der Waals surface area contributed by atoms with Gasteiger partial charge >= 0.3 is 6.03 Å². The van der Waals surface area contributed by atoms with Crippen LogP contribution in [0.5, 0.6) is 0 Å². The van der Waals surface area contributed by atoms with Crippen molar-refractivity contribution < 1.29 is 19.1 Å². The molecule has 30 heavy (non-hydrogen) atoms. The molecule has 0 radical (unpaired) electrons. The Bertz CT molecular complexity index is 633. The molecule has 1 aliphatic carbocycles. The molecule has 1 saturated carbocycles. The van der Waals surface area contributed by atoms with Crippen LogP contribution < -0.4 is 5.32 Å². The number of ether oxygens (including phenoxy) is 2. The van der Waals surface area contributed by atoms with E-state index in [4.69, 9.17) is 9.47 Å². The first-order chi connectivity index (χ1) is 14.1. The van der Waals surface area contributed by atoms with Gasteiger partial charge in [-0.15, -0.1) is 0 Å². The molecule has 1 spiro atoms. The normalized spacial score (nSPS) is 29.1. The van der Waals surface area contributed by atoms with E-state index in [1.54, 1.807) is 0 Å². The topological polar surface area (TPSA) is 74.4 Å². The van der Waals surface area contributed by atoms with Crippen molar-refractivity contribution in [1.29, 1.82) is 0 Å². The van der Waals surface area contributed by atoms with E-state index in [9.17, 15) is 9.59 Å². The van der Waals surface area contributed by atoms with Gasteiger partial charge in [-0.25, -0.2) is 4.79 Å². The molecule has 2 saturated heterocycles. The van der Waals surface area contributed by atoms with Crippen LogP contribution >= 0.6 is 0 Å². The summed E-state index contributed by atoms with van der Waals surface area (Å²) in [6.45, 7) is 8.89. The number of urea groups is 1. The minimum absolute atomic E-state index is 0.0752. The summed E-state index contributed by atoms with van der Waals surface area (Å²) in [5.74, 6) is -0.369. The number of rotatable bonds is 5. The molecule has 0 bridgehead atoms. The minimum Gasteiger partial charge on any atom is -0.348 e. The minimum atomic E-state index is -0.453. The lowest BCUT2D eigenvalue weighted by Crippen LogP contribution is -2.59. The summed E-state index contributed by atoms with van der Waals surface area (Å²) < 4.78 is 11.9. The molecule has 3 aliphatic rings. The van der Waals surface area contributed by atoms with Gasteiger partial charge in [0, 0.05) is 44.1 Å². The fourth-order valence-electron chi connectivity index (χ4n) is 5.73. The van der Waals surface area contributed by atoms with Crippen molar-refractivity contribution in [1.82, 2.24) is 20.0 Å². The van der Waals surface area contributed by atoms with Crippen molar-refractivity contribution in [3.8, 4) is 0 Å². The Morgan fingerprint density at radius 3 is 2.50 bits per heavy atom. The number of nitrogens with zero attached hydrogens (tertiary/aromatic N) is 3. The van der Waals surface area contributed by atoms with Crippen molar-refractivity contribution in [2.45, 2.75) is 63.8 Å². The molecular formula is C22H40N4O4. The van der Waals surface area contributed by atoms with Crippen LogP contribution in [-0.4, -0.2) is 98.0 Å². The van der Waals surface area contributed by atoms with E-state index in [2.05, 4.69) is 17.3 Å². The first-order valence-corrected chi connectivity index (χ1v) is 11.3. The number of nitrogens with one attached hydrogen (secondary N) is 1. The van der Waals surface area contributed by atoms with Crippen molar-refractivity contribution in [2.24, 2.45) is 11.8 Å². The predicted octanol–water partition coefficient (Wildman–Crippen LogP) is 1.75. The fourth-order valence-corrected chi connectivity index (χ4v) is 5.73. The van der Waals surface area contributed by atoms with Crippen LogP contribution in [0, 0.1) is 11.8 Å². The van der Waals surface area contributed by atoms with Gasteiger partial charge in [0.1, 0.15) is 0 Å². The van der Waals surface area contributed by atoms with E-state index in [1.807, 2.05) is 39.8 Å². The molecule has 2 aliphatic heterocycles. The number of carbonyl (C=O) groups is 2. The lowest BCUT2D eigenvalue weighted by molar-refractivity contribution is -0.202. The second kappa shape index (κ2) is 9.10. The third-order valence-corrected chi connectivity index (χ3v) is 6.75. The van der Waals surface area contributed by atoms with Gasteiger partial charge in [-0.2, -0.15) is 0 Å². The van der Waals surface area contributed by atoms with Crippen molar-refractivity contribution in [3.05, 3.63) is 0 Å². The highest BCUT2D eigenvalue weighted by Gasteiger charge is 2.49. The molecule has 8 nitrogen and oxygen atoms in total. The van der Waals surface area contributed by atoms with E-state index in [1.165, 1.54) is 4.90 Å². The molecule has 3 rings (SSSR count). The third kappa shape index (κ3) is 5.15. The number of amides is 3. The fraction of sp³-hybridized carbons (Fsp3) is 0.909. The summed E-state index contributed by atoms with van der Waals surface area (Å²) in [4.78, 5) is 32.0. The van der Waals surface area contributed by atoms with Crippen LogP contribution in [0.1, 0.15) is 46.5 Å². The van der Waals surface area contributed by atoms with Crippen LogP contribution in [0.4, 0.5) is 4.79 Å². The largest absolute Gasteiger partial charge is 0.348 e. The Balaban J connectivity index is 1.66. The molecule has 8 heteroatoms. The Morgan fingerprint density at radius 1 is 1.23 bits per heavy atom. The van der Waals surface area contributed by atoms with Gasteiger partial charge in [0.15, 0.2) is 5.79 Å². The molecule has 3 amide bonds. The number of likely N-dealkylation sites (tertiary alicyclic amines) is 1. The number of likely N-dealkylation sites (N-methyl/N-ethyl adjacent to an activating group) is 1. The van der Waals surface area contributed by atoms with Crippen LogP contribution in [0.25, 0.3) is 0 Å². The van der Waals surface area contributed by atoms with E-state index >= 15 is 0 Å². The molecule has 3 unspecified atom stereocenters. The smallest absolute Gasteiger partial charge is 0.324 e. The Labute approximate surface area is 181 Å². The summed E-state index contributed by atoms with van der Waals surface area (Å²) in [5, 5.41) is 3.04. The van der Waals surface area contributed by atoms with Crippen LogP contribution in [0.3, 0.4) is 0 Å². The van der Waals surface area contributed by atoms with E-state index in [-0.39, 0.29) is 17.9 Å². The molecule has 0 aromatic carbocycles. The number of fused-ring (bicyclic) bond motifs is 1. The van der Waals surface area contributed by atoms with Crippen molar-refractivity contribution >= 4 is 11.9 Å². The molecule has 3 atom stereocenters. The van der Waals surface area contributed by atoms with Gasteiger partial charge in [-0.3, -0.25) is 9.69 Å². The maximum Gasteiger partial charge on any atom is 0.324 e. The van der Waals surface area contributed by atoms with Crippen molar-refractivity contribution in [2.75, 3.05) is 54.0 Å². The summed E-state index contributed by atoms with van der Waals surface area (Å²) in [7, 11) is 6.04. The first kappa shape index (κ1) is 23.4. The molecular weight excluding hydrogens is 384 g/mol. The zero-order valence-electron chi connectivity index (χ0n) is 19.6. The number of imide groups is 1. The van der Waals surface area contributed by atoms with Crippen LogP contribution in [-0.2, 0) is 14.3 Å². The summed E-state index contributed by atoms with van der Waals surface area (Å²) in [5.41, 5.74) is -0.421. The second-order valence-corrected chi connectivity index (χ2v) is 10.2.